The molecule has 164 valence electrons. The van der Waals surface area contributed by atoms with Gasteiger partial charge in [-0.15, -0.1) is 0 Å². The highest BCUT2D eigenvalue weighted by Gasteiger charge is 2.07. The van der Waals surface area contributed by atoms with Crippen molar-refractivity contribution >= 4 is 23.2 Å². The summed E-state index contributed by atoms with van der Waals surface area (Å²) in [7, 11) is 0. The molecule has 0 aliphatic rings. The molecule has 5 heteroatoms. The highest BCUT2D eigenvalue weighted by molar-refractivity contribution is 6.04. The maximum absolute atomic E-state index is 12.2. The quantitative estimate of drug-likeness (QED) is 0.465. The molecule has 0 spiro atoms. The van der Waals surface area contributed by atoms with Gasteiger partial charge in [-0.05, 0) is 36.4 Å². The predicted molar refractivity (Wildman–Crippen MR) is 132 cm³/mol. The van der Waals surface area contributed by atoms with Crippen molar-refractivity contribution in [1.82, 2.24) is 9.97 Å². The van der Waals surface area contributed by atoms with Gasteiger partial charge in [-0.25, -0.2) is 9.97 Å². The number of benzene rings is 2. The van der Waals surface area contributed by atoms with Crippen LogP contribution in [0.3, 0.4) is 0 Å². The molecule has 0 bridgehead atoms. The second-order valence-electron chi connectivity index (χ2n) is 4.60. The molecule has 0 radical (unpaired) electrons. The van der Waals surface area contributed by atoms with E-state index in [4.69, 9.17) is 0 Å². The Morgan fingerprint density at radius 3 is 1.77 bits per heavy atom. The molecule has 1 heterocycles. The Bertz CT molecular complexity index is 762. The Labute approximate surface area is 183 Å². The number of nitrogens with zero attached hydrogens (tertiary/aromatic N) is 2. The standard InChI is InChI=1S/C17H14N4O.4C2H6/c22-16(20-14-7-2-1-3-8-14)13-6-4-9-15(12-13)21-17-18-10-5-11-19-17;4*1-2/h1-12H,(H,20,22)(H,18,19,21);4*1-2H3. The SMILES string of the molecule is CC.CC.CC.CC.O=C(Nc1ccccc1)c1cccc(Nc2ncccn2)c1. The van der Waals surface area contributed by atoms with E-state index in [-0.39, 0.29) is 5.91 Å². The lowest BCUT2D eigenvalue weighted by molar-refractivity contribution is 0.102. The first-order valence-electron chi connectivity index (χ1n) is 10.8. The third-order valence-electron chi connectivity index (χ3n) is 2.98. The summed E-state index contributed by atoms with van der Waals surface area (Å²) < 4.78 is 0. The summed E-state index contributed by atoms with van der Waals surface area (Å²) in [5.74, 6) is 0.326. The summed E-state index contributed by atoms with van der Waals surface area (Å²) in [5.41, 5.74) is 2.08. The zero-order chi connectivity index (χ0) is 23.2. The first-order chi connectivity index (χ1) is 14.8. The summed E-state index contributed by atoms with van der Waals surface area (Å²) in [5, 5.41) is 5.91. The van der Waals surface area contributed by atoms with E-state index in [1.165, 1.54) is 0 Å². The van der Waals surface area contributed by atoms with Gasteiger partial charge < -0.3 is 10.6 Å². The van der Waals surface area contributed by atoms with E-state index >= 15 is 0 Å². The van der Waals surface area contributed by atoms with Crippen LogP contribution < -0.4 is 10.6 Å². The molecular formula is C25H38N4O. The fourth-order valence-corrected chi connectivity index (χ4v) is 1.96. The number of hydrogen-bond donors (Lipinski definition) is 2. The van der Waals surface area contributed by atoms with Gasteiger partial charge in [0.1, 0.15) is 0 Å². The Hall–Kier alpha value is -3.21. The van der Waals surface area contributed by atoms with Crippen LogP contribution >= 0.6 is 0 Å². The summed E-state index contributed by atoms with van der Waals surface area (Å²) in [6, 6.07) is 18.3. The van der Waals surface area contributed by atoms with E-state index in [0.29, 0.717) is 11.5 Å². The van der Waals surface area contributed by atoms with E-state index < -0.39 is 0 Å². The number of carbonyl (C=O) groups is 1. The van der Waals surface area contributed by atoms with Crippen molar-refractivity contribution in [3.05, 3.63) is 78.6 Å². The number of rotatable bonds is 4. The third kappa shape index (κ3) is 11.6. The van der Waals surface area contributed by atoms with Crippen molar-refractivity contribution in [1.29, 1.82) is 0 Å². The minimum Gasteiger partial charge on any atom is -0.324 e. The number of para-hydroxylation sites is 1. The summed E-state index contributed by atoms with van der Waals surface area (Å²) >= 11 is 0. The van der Waals surface area contributed by atoms with E-state index in [1.54, 1.807) is 30.6 Å². The van der Waals surface area contributed by atoms with Crippen LogP contribution in [-0.4, -0.2) is 15.9 Å². The van der Waals surface area contributed by atoms with E-state index in [9.17, 15) is 4.79 Å². The average Bonchev–Trinajstić information content (AvgIpc) is 2.86. The molecule has 30 heavy (non-hydrogen) atoms. The number of aromatic nitrogens is 2. The van der Waals surface area contributed by atoms with Crippen molar-refractivity contribution in [2.75, 3.05) is 10.6 Å². The molecule has 2 N–H and O–H groups in total. The van der Waals surface area contributed by atoms with Gasteiger partial charge in [-0.1, -0.05) is 79.7 Å². The minimum absolute atomic E-state index is 0.163. The maximum atomic E-state index is 12.2. The molecule has 5 nitrogen and oxygen atoms in total. The zero-order valence-electron chi connectivity index (χ0n) is 19.7. The molecule has 0 aliphatic carbocycles. The molecule has 2 aromatic carbocycles. The molecule has 0 unspecified atom stereocenters. The molecule has 0 atom stereocenters. The van der Waals surface area contributed by atoms with Crippen LogP contribution in [-0.2, 0) is 0 Å². The van der Waals surface area contributed by atoms with Gasteiger partial charge in [0.25, 0.3) is 5.91 Å². The van der Waals surface area contributed by atoms with Crippen molar-refractivity contribution in [2.45, 2.75) is 55.4 Å². The zero-order valence-corrected chi connectivity index (χ0v) is 19.7. The molecule has 0 fully saturated rings. The van der Waals surface area contributed by atoms with Crippen LogP contribution in [0.1, 0.15) is 65.7 Å². The number of carbonyl (C=O) groups excluding carboxylic acids is 1. The van der Waals surface area contributed by atoms with Crippen LogP contribution in [0.2, 0.25) is 0 Å². The fraction of sp³-hybridized carbons (Fsp3) is 0.320. The van der Waals surface area contributed by atoms with Gasteiger partial charge in [0, 0.05) is 29.3 Å². The van der Waals surface area contributed by atoms with Crippen molar-refractivity contribution in [2.24, 2.45) is 0 Å². The molecule has 0 saturated heterocycles. The van der Waals surface area contributed by atoms with E-state index in [1.807, 2.05) is 97.9 Å². The number of anilines is 3. The van der Waals surface area contributed by atoms with Gasteiger partial charge >= 0.3 is 0 Å². The first-order valence-corrected chi connectivity index (χ1v) is 10.8. The fourth-order valence-electron chi connectivity index (χ4n) is 1.96. The van der Waals surface area contributed by atoms with E-state index in [2.05, 4.69) is 20.6 Å². The van der Waals surface area contributed by atoms with Crippen LogP contribution in [0.5, 0.6) is 0 Å². The Kier molecular flexibility index (Phi) is 19.8. The largest absolute Gasteiger partial charge is 0.324 e. The van der Waals surface area contributed by atoms with Gasteiger partial charge in [0.2, 0.25) is 5.95 Å². The molecular weight excluding hydrogens is 372 g/mol. The van der Waals surface area contributed by atoms with Crippen LogP contribution in [0.4, 0.5) is 17.3 Å². The van der Waals surface area contributed by atoms with Crippen LogP contribution in [0.25, 0.3) is 0 Å². The van der Waals surface area contributed by atoms with Crippen molar-refractivity contribution in [3.63, 3.8) is 0 Å². The van der Waals surface area contributed by atoms with Crippen molar-refractivity contribution < 1.29 is 4.79 Å². The van der Waals surface area contributed by atoms with Gasteiger partial charge in [0.05, 0.1) is 0 Å². The normalized spacial score (nSPS) is 8.13. The second kappa shape index (κ2) is 20.5. The summed E-state index contributed by atoms with van der Waals surface area (Å²) in [4.78, 5) is 20.4. The predicted octanol–water partition coefficient (Wildman–Crippen LogP) is 7.58. The van der Waals surface area contributed by atoms with Crippen LogP contribution in [0.15, 0.2) is 73.1 Å². The molecule has 1 aromatic heterocycles. The van der Waals surface area contributed by atoms with Gasteiger partial charge in [0.15, 0.2) is 0 Å². The Morgan fingerprint density at radius 2 is 1.20 bits per heavy atom. The van der Waals surface area contributed by atoms with Gasteiger partial charge in [-0.3, -0.25) is 4.79 Å². The number of nitrogens with one attached hydrogen (secondary N) is 2. The maximum Gasteiger partial charge on any atom is 0.255 e. The third-order valence-corrected chi connectivity index (χ3v) is 2.98. The highest BCUT2D eigenvalue weighted by atomic mass is 16.1. The molecule has 0 aliphatic heterocycles. The van der Waals surface area contributed by atoms with Crippen molar-refractivity contribution in [3.8, 4) is 0 Å². The Balaban J connectivity index is 0. The summed E-state index contributed by atoms with van der Waals surface area (Å²) in [6.45, 7) is 16.0. The lowest BCUT2D eigenvalue weighted by Gasteiger charge is -2.08. The minimum atomic E-state index is -0.163. The number of amides is 1. The smallest absolute Gasteiger partial charge is 0.255 e. The number of hydrogen-bond acceptors (Lipinski definition) is 4. The van der Waals surface area contributed by atoms with Gasteiger partial charge in [-0.2, -0.15) is 0 Å². The molecule has 1 amide bonds. The molecule has 3 aromatic rings. The second-order valence-corrected chi connectivity index (χ2v) is 4.60. The monoisotopic (exact) mass is 410 g/mol. The molecule has 0 saturated carbocycles. The lowest BCUT2D eigenvalue weighted by atomic mass is 10.2. The topological polar surface area (TPSA) is 66.9 Å². The Morgan fingerprint density at radius 1 is 0.667 bits per heavy atom. The first kappa shape index (κ1) is 29.0. The van der Waals surface area contributed by atoms with E-state index in [0.717, 1.165) is 11.4 Å². The summed E-state index contributed by atoms with van der Waals surface area (Å²) in [6.07, 6.45) is 3.31. The highest BCUT2D eigenvalue weighted by Crippen LogP contribution is 2.16. The van der Waals surface area contributed by atoms with Crippen LogP contribution in [0, 0.1) is 0 Å². The lowest BCUT2D eigenvalue weighted by Crippen LogP contribution is -2.12. The molecule has 3 rings (SSSR count). The average molecular weight is 411 g/mol.